The van der Waals surface area contributed by atoms with Crippen LogP contribution in [0, 0.1) is 6.92 Å². The van der Waals surface area contributed by atoms with Crippen LogP contribution in [0.25, 0.3) is 0 Å². The van der Waals surface area contributed by atoms with Gasteiger partial charge in [0.05, 0.1) is 30.8 Å². The van der Waals surface area contributed by atoms with E-state index in [1.807, 2.05) is 6.07 Å². The molecule has 0 bridgehead atoms. The summed E-state index contributed by atoms with van der Waals surface area (Å²) in [5, 5.41) is 12.9. The first-order chi connectivity index (χ1) is 10.1. The number of hydrogen-bond donors (Lipinski definition) is 2. The maximum absolute atomic E-state index is 12.9. The van der Waals surface area contributed by atoms with Crippen molar-refractivity contribution < 1.29 is 14.6 Å². The maximum Gasteiger partial charge on any atom is 0.231 e. The third kappa shape index (κ3) is 2.70. The van der Waals surface area contributed by atoms with Gasteiger partial charge in [-0.05, 0) is 25.3 Å². The van der Waals surface area contributed by atoms with E-state index in [1.54, 1.807) is 0 Å². The minimum absolute atomic E-state index is 0.0418. The van der Waals surface area contributed by atoms with Crippen molar-refractivity contribution in [2.24, 2.45) is 0 Å². The lowest BCUT2D eigenvalue weighted by molar-refractivity contribution is -0.128. The molecule has 2 fully saturated rings. The molecule has 1 aromatic rings. The van der Waals surface area contributed by atoms with Gasteiger partial charge in [0.1, 0.15) is 0 Å². The van der Waals surface area contributed by atoms with Crippen molar-refractivity contribution in [3.8, 4) is 0 Å². The summed E-state index contributed by atoms with van der Waals surface area (Å²) in [5.74, 6) is 0.0418. The second kappa shape index (κ2) is 5.78. The van der Waals surface area contributed by atoms with Crippen LogP contribution in [-0.4, -0.2) is 36.4 Å². The number of aryl methyl sites for hydroxylation is 1. The van der Waals surface area contributed by atoms with Crippen LogP contribution in [0.1, 0.15) is 36.8 Å². The summed E-state index contributed by atoms with van der Waals surface area (Å²) in [7, 11) is 0. The van der Waals surface area contributed by atoms with E-state index in [-0.39, 0.29) is 11.9 Å². The first kappa shape index (κ1) is 14.5. The Kier molecular flexibility index (Phi) is 4.00. The molecule has 1 aromatic carbocycles. The Labute approximate surface area is 125 Å². The summed E-state index contributed by atoms with van der Waals surface area (Å²) in [4.78, 5) is 12.9. The second-order valence-electron chi connectivity index (χ2n) is 6.34. The van der Waals surface area contributed by atoms with E-state index >= 15 is 0 Å². The molecule has 1 aliphatic carbocycles. The van der Waals surface area contributed by atoms with E-state index in [0.717, 1.165) is 31.2 Å². The number of aliphatic hydroxyl groups excluding tert-OH is 1. The van der Waals surface area contributed by atoms with Gasteiger partial charge in [-0.3, -0.25) is 4.79 Å². The predicted molar refractivity (Wildman–Crippen MR) is 80.1 cm³/mol. The zero-order chi connectivity index (χ0) is 14.9. The third-order valence-corrected chi connectivity index (χ3v) is 4.83. The fourth-order valence-corrected chi connectivity index (χ4v) is 3.56. The van der Waals surface area contributed by atoms with Crippen molar-refractivity contribution in [2.45, 2.75) is 50.2 Å². The van der Waals surface area contributed by atoms with Crippen molar-refractivity contribution in [1.29, 1.82) is 0 Å². The van der Waals surface area contributed by atoms with E-state index in [2.05, 4.69) is 30.4 Å². The van der Waals surface area contributed by atoms with Gasteiger partial charge in [-0.15, -0.1) is 0 Å². The molecule has 1 aliphatic heterocycles. The molecule has 0 spiro atoms. The number of carbonyl (C=O) groups excluding carboxylic acids is 1. The van der Waals surface area contributed by atoms with Gasteiger partial charge in [0, 0.05) is 0 Å². The van der Waals surface area contributed by atoms with Crippen LogP contribution in [0.5, 0.6) is 0 Å². The highest BCUT2D eigenvalue weighted by Crippen LogP contribution is 2.41. The Hall–Kier alpha value is -1.39. The smallest absolute Gasteiger partial charge is 0.231 e. The highest BCUT2D eigenvalue weighted by molar-refractivity contribution is 5.89. The molecule has 114 valence electrons. The lowest BCUT2D eigenvalue weighted by Gasteiger charge is -2.30. The minimum Gasteiger partial charge on any atom is -0.388 e. The molecular weight excluding hydrogens is 266 g/mol. The van der Waals surface area contributed by atoms with Crippen LogP contribution in [0.3, 0.4) is 0 Å². The van der Waals surface area contributed by atoms with Crippen molar-refractivity contribution in [3.05, 3.63) is 35.4 Å². The molecule has 1 heterocycles. The monoisotopic (exact) mass is 289 g/mol. The van der Waals surface area contributed by atoms with Crippen molar-refractivity contribution in [2.75, 3.05) is 13.2 Å². The summed E-state index contributed by atoms with van der Waals surface area (Å²) in [6, 6.07) is 7.97. The van der Waals surface area contributed by atoms with Gasteiger partial charge in [-0.2, -0.15) is 0 Å². The highest BCUT2D eigenvalue weighted by atomic mass is 16.5. The standard InChI is InChI=1S/C17H23NO3/c1-12-5-4-6-13(9-12)17(7-2-3-8-17)16(20)18-14-10-21-11-15(14)19/h4-6,9,14-15,19H,2-3,7-8,10-11H2,1H3,(H,18,20)/t14-,15-/m1/s1. The average Bonchev–Trinajstić information content (AvgIpc) is 3.10. The molecule has 0 radical (unpaired) electrons. The molecule has 4 nitrogen and oxygen atoms in total. The first-order valence-electron chi connectivity index (χ1n) is 7.76. The summed E-state index contributed by atoms with van der Waals surface area (Å²) in [6.07, 6.45) is 3.32. The zero-order valence-corrected chi connectivity index (χ0v) is 12.5. The van der Waals surface area contributed by atoms with Crippen LogP contribution in [0.15, 0.2) is 24.3 Å². The Morgan fingerprint density at radius 1 is 1.33 bits per heavy atom. The minimum atomic E-state index is -0.593. The SMILES string of the molecule is Cc1cccc(C2(C(=O)N[C@@H]3COC[C@H]3O)CCCC2)c1. The summed E-state index contributed by atoms with van der Waals surface area (Å²) >= 11 is 0. The number of aliphatic hydroxyl groups is 1. The number of carbonyl (C=O) groups is 1. The van der Waals surface area contributed by atoms with Crippen LogP contribution in [-0.2, 0) is 14.9 Å². The highest BCUT2D eigenvalue weighted by Gasteiger charge is 2.44. The van der Waals surface area contributed by atoms with Gasteiger partial charge in [-0.1, -0.05) is 42.7 Å². The molecule has 2 atom stereocenters. The van der Waals surface area contributed by atoms with Crippen LogP contribution >= 0.6 is 0 Å². The van der Waals surface area contributed by atoms with Gasteiger partial charge >= 0.3 is 0 Å². The quantitative estimate of drug-likeness (QED) is 0.890. The zero-order valence-electron chi connectivity index (χ0n) is 12.5. The number of benzene rings is 1. The molecule has 2 N–H and O–H groups in total. The predicted octanol–water partition coefficient (Wildman–Crippen LogP) is 1.68. The van der Waals surface area contributed by atoms with Crippen molar-refractivity contribution in [1.82, 2.24) is 5.32 Å². The molecule has 3 rings (SSSR count). The van der Waals surface area contributed by atoms with E-state index < -0.39 is 11.5 Å². The maximum atomic E-state index is 12.9. The van der Waals surface area contributed by atoms with Crippen LogP contribution in [0.2, 0.25) is 0 Å². The van der Waals surface area contributed by atoms with Gasteiger partial charge in [0.15, 0.2) is 0 Å². The van der Waals surface area contributed by atoms with Crippen molar-refractivity contribution >= 4 is 5.91 Å². The van der Waals surface area contributed by atoms with Gasteiger partial charge in [0.2, 0.25) is 5.91 Å². The Balaban J connectivity index is 1.85. The topological polar surface area (TPSA) is 58.6 Å². The Morgan fingerprint density at radius 2 is 2.10 bits per heavy atom. The first-order valence-corrected chi connectivity index (χ1v) is 7.76. The lowest BCUT2D eigenvalue weighted by atomic mass is 9.77. The third-order valence-electron chi connectivity index (χ3n) is 4.83. The molecule has 0 aromatic heterocycles. The molecule has 1 saturated carbocycles. The fourth-order valence-electron chi connectivity index (χ4n) is 3.56. The molecule has 0 unspecified atom stereocenters. The molecule has 2 aliphatic rings. The summed E-state index contributed by atoms with van der Waals surface area (Å²) in [6.45, 7) is 2.76. The molecular formula is C17H23NO3. The van der Waals surface area contributed by atoms with Crippen LogP contribution in [0.4, 0.5) is 0 Å². The van der Waals surface area contributed by atoms with Crippen molar-refractivity contribution in [3.63, 3.8) is 0 Å². The number of ether oxygens (including phenoxy) is 1. The van der Waals surface area contributed by atoms with Gasteiger partial charge in [-0.25, -0.2) is 0 Å². The fraction of sp³-hybridized carbons (Fsp3) is 0.588. The van der Waals surface area contributed by atoms with E-state index in [1.165, 1.54) is 5.56 Å². The second-order valence-corrected chi connectivity index (χ2v) is 6.34. The molecule has 4 heteroatoms. The number of hydrogen-bond acceptors (Lipinski definition) is 3. The van der Waals surface area contributed by atoms with Gasteiger partial charge < -0.3 is 15.2 Å². The number of rotatable bonds is 3. The number of nitrogens with one attached hydrogen (secondary N) is 1. The normalized spacial score (nSPS) is 27.7. The summed E-state index contributed by atoms with van der Waals surface area (Å²) in [5.41, 5.74) is 1.84. The number of amides is 1. The van der Waals surface area contributed by atoms with E-state index in [4.69, 9.17) is 4.74 Å². The average molecular weight is 289 g/mol. The van der Waals surface area contributed by atoms with Crippen LogP contribution < -0.4 is 5.32 Å². The summed E-state index contributed by atoms with van der Waals surface area (Å²) < 4.78 is 5.23. The lowest BCUT2D eigenvalue weighted by Crippen LogP contribution is -2.50. The Morgan fingerprint density at radius 3 is 2.71 bits per heavy atom. The van der Waals surface area contributed by atoms with Gasteiger partial charge in [0.25, 0.3) is 0 Å². The van der Waals surface area contributed by atoms with E-state index in [0.29, 0.717) is 13.2 Å². The molecule has 21 heavy (non-hydrogen) atoms. The Bertz CT molecular complexity index is 523. The van der Waals surface area contributed by atoms with E-state index in [9.17, 15) is 9.90 Å². The molecule has 1 saturated heterocycles. The molecule has 1 amide bonds. The largest absolute Gasteiger partial charge is 0.388 e.